The van der Waals surface area contributed by atoms with Crippen LogP contribution >= 0.6 is 0 Å². The molecule has 428 valence electrons. The Kier molecular flexibility index (Phi) is 19.7. The number of ether oxygens (including phenoxy) is 4. The first-order chi connectivity index (χ1) is 34.2. The molecule has 4 amide bonds. The van der Waals surface area contributed by atoms with E-state index in [1.54, 1.807) is 0 Å². The minimum Gasteiger partial charge on any atom is -0.462 e. The highest BCUT2D eigenvalue weighted by Gasteiger charge is 2.56. The standard InChI is InChI=1S/C59H100N4O12/c1-21-25-43(64)60-52(5,6)30-38(31-53(60,7)8)72-47(68)29-42(49(69)73-39-32-54(9,10)61(44(65)26-22-2)55(11,12)33-39)48(50(70)74-40-34-56(13,14)62(45(66)27-23-3)57(15,16)35-40)51(71)75-41-36-58(17,18)63(46(67)28-24-4)59(19,20)37-41/h38-42,48H,21-37H2,1-20H3. The SMILES string of the molecule is CCCC(=O)N1C(C)(C)CC(OC(=O)CC(C(=O)OC2CC(C)(C)N(C(=O)CCC)C(C)(C)C2)C(C(=O)OC2CC(C)(C)N(C(=O)CCC)C(C)(C)C2)C(=O)OC2CC(C)(C)N(C(=O)CCC)C(C)(C)C2)CC1(C)C. The molecule has 1 unspecified atom stereocenters. The van der Waals surface area contributed by atoms with Crippen LogP contribution in [0.25, 0.3) is 0 Å². The normalized spacial score (nSPS) is 23.5. The Bertz CT molecular complexity index is 1980. The molecule has 0 aromatic rings. The van der Waals surface area contributed by atoms with E-state index in [0.717, 1.165) is 0 Å². The summed E-state index contributed by atoms with van der Waals surface area (Å²) in [6.07, 6.45) is 2.22. The lowest BCUT2D eigenvalue weighted by Gasteiger charge is -2.55. The highest BCUT2D eigenvalue weighted by atomic mass is 16.6. The number of rotatable bonds is 18. The number of nitrogens with zero attached hydrogens (tertiary/aromatic N) is 4. The molecule has 0 N–H and O–H groups in total. The second-order valence-electron chi connectivity index (χ2n) is 27.6. The third-order valence-corrected chi connectivity index (χ3v) is 16.3. The predicted octanol–water partition coefficient (Wildman–Crippen LogP) is 10.2. The van der Waals surface area contributed by atoms with Crippen LogP contribution in [0.15, 0.2) is 0 Å². The first-order valence-electron chi connectivity index (χ1n) is 28.4. The number of esters is 4. The van der Waals surface area contributed by atoms with E-state index in [9.17, 15) is 24.0 Å². The van der Waals surface area contributed by atoms with Gasteiger partial charge in [0.05, 0.1) is 12.3 Å². The van der Waals surface area contributed by atoms with Gasteiger partial charge in [0.15, 0.2) is 5.92 Å². The number of carbonyl (C=O) groups is 8. The lowest BCUT2D eigenvalue weighted by Crippen LogP contribution is -2.65. The van der Waals surface area contributed by atoms with E-state index in [0.29, 0.717) is 64.2 Å². The largest absolute Gasteiger partial charge is 0.462 e. The topological polar surface area (TPSA) is 186 Å². The highest BCUT2D eigenvalue weighted by molar-refractivity contribution is 6.00. The first kappa shape index (κ1) is 63.3. The molecule has 1 atom stereocenters. The Morgan fingerprint density at radius 1 is 0.347 bits per heavy atom. The van der Waals surface area contributed by atoms with Crippen LogP contribution in [0.5, 0.6) is 0 Å². The summed E-state index contributed by atoms with van der Waals surface area (Å²) in [7, 11) is 0. The van der Waals surface area contributed by atoms with Crippen molar-refractivity contribution in [3.63, 3.8) is 0 Å². The molecule has 4 rings (SSSR count). The van der Waals surface area contributed by atoms with Crippen molar-refractivity contribution in [1.29, 1.82) is 0 Å². The van der Waals surface area contributed by atoms with Crippen LogP contribution in [-0.2, 0) is 57.3 Å². The van der Waals surface area contributed by atoms with Gasteiger partial charge in [-0.05, 0) is 136 Å². The zero-order valence-electron chi connectivity index (χ0n) is 50.2. The molecular weight excluding hydrogens is 957 g/mol. The molecule has 0 aromatic heterocycles. The van der Waals surface area contributed by atoms with Crippen molar-refractivity contribution in [3.05, 3.63) is 0 Å². The molecule has 0 radical (unpaired) electrons. The third kappa shape index (κ3) is 14.7. The summed E-state index contributed by atoms with van der Waals surface area (Å²) in [5.74, 6) is -7.82. The molecule has 16 heteroatoms. The van der Waals surface area contributed by atoms with Crippen LogP contribution in [0.1, 0.15) is 248 Å². The molecule has 0 aromatic carbocycles. The maximum Gasteiger partial charge on any atom is 0.321 e. The van der Waals surface area contributed by atoms with Crippen LogP contribution in [0.2, 0.25) is 0 Å². The molecule has 4 aliphatic heterocycles. The Balaban J connectivity index is 1.83. The van der Waals surface area contributed by atoms with Gasteiger partial charge in [0.2, 0.25) is 23.6 Å². The Hall–Kier alpha value is -4.24. The van der Waals surface area contributed by atoms with Crippen molar-refractivity contribution in [2.75, 3.05) is 0 Å². The van der Waals surface area contributed by atoms with Gasteiger partial charge in [0.25, 0.3) is 0 Å². The van der Waals surface area contributed by atoms with E-state index in [1.807, 2.05) is 158 Å². The molecule has 16 nitrogen and oxygen atoms in total. The first-order valence-corrected chi connectivity index (χ1v) is 28.4. The van der Waals surface area contributed by atoms with Gasteiger partial charge in [-0.25, -0.2) is 0 Å². The summed E-state index contributed by atoms with van der Waals surface area (Å²) in [5, 5.41) is 0. The van der Waals surface area contributed by atoms with Gasteiger partial charge in [0.1, 0.15) is 24.4 Å². The third-order valence-electron chi connectivity index (χ3n) is 16.3. The summed E-state index contributed by atoms with van der Waals surface area (Å²) < 4.78 is 25.5. The maximum absolute atomic E-state index is 15.3. The van der Waals surface area contributed by atoms with E-state index < -0.39 is 111 Å². The van der Waals surface area contributed by atoms with Gasteiger partial charge in [0, 0.05) is 121 Å². The average Bonchev–Trinajstić information content (AvgIpc) is 3.16. The zero-order valence-corrected chi connectivity index (χ0v) is 50.2. The van der Waals surface area contributed by atoms with E-state index in [2.05, 4.69) is 0 Å². The molecule has 0 saturated carbocycles. The Morgan fingerprint density at radius 3 is 0.760 bits per heavy atom. The Morgan fingerprint density at radius 2 is 0.547 bits per heavy atom. The van der Waals surface area contributed by atoms with Crippen molar-refractivity contribution >= 4 is 47.5 Å². The van der Waals surface area contributed by atoms with Crippen molar-refractivity contribution in [3.8, 4) is 0 Å². The number of piperidine rings is 4. The fraction of sp³-hybridized carbons (Fsp3) is 0.864. The van der Waals surface area contributed by atoms with E-state index >= 15 is 14.4 Å². The van der Waals surface area contributed by atoms with E-state index in [1.165, 1.54) is 0 Å². The van der Waals surface area contributed by atoms with Crippen molar-refractivity contribution in [2.24, 2.45) is 11.8 Å². The van der Waals surface area contributed by atoms with Gasteiger partial charge >= 0.3 is 23.9 Å². The number of carbonyl (C=O) groups excluding carboxylic acids is 8. The van der Waals surface area contributed by atoms with Gasteiger partial charge in [-0.3, -0.25) is 38.4 Å². The summed E-state index contributed by atoms with van der Waals surface area (Å²) in [6, 6.07) is 0. The van der Waals surface area contributed by atoms with Crippen molar-refractivity contribution in [2.45, 2.75) is 316 Å². The molecule has 75 heavy (non-hydrogen) atoms. The van der Waals surface area contributed by atoms with Gasteiger partial charge < -0.3 is 38.5 Å². The molecule has 0 bridgehead atoms. The lowest BCUT2D eigenvalue weighted by atomic mass is 9.77. The number of hydrogen-bond acceptors (Lipinski definition) is 12. The predicted molar refractivity (Wildman–Crippen MR) is 288 cm³/mol. The van der Waals surface area contributed by atoms with Crippen LogP contribution in [0.4, 0.5) is 0 Å². The van der Waals surface area contributed by atoms with Gasteiger partial charge in [-0.1, -0.05) is 27.7 Å². The Labute approximate surface area is 451 Å². The smallest absolute Gasteiger partial charge is 0.321 e. The van der Waals surface area contributed by atoms with Gasteiger partial charge in [-0.15, -0.1) is 0 Å². The molecule has 4 heterocycles. The van der Waals surface area contributed by atoms with Crippen LogP contribution < -0.4 is 0 Å². The quantitative estimate of drug-likeness (QED) is 0.0719. The van der Waals surface area contributed by atoms with E-state index in [-0.39, 0.29) is 62.2 Å². The fourth-order valence-corrected chi connectivity index (χ4v) is 15.0. The molecular formula is C59H100N4O12. The second kappa shape index (κ2) is 23.4. The lowest BCUT2D eigenvalue weighted by molar-refractivity contribution is -0.191. The summed E-state index contributed by atoms with van der Waals surface area (Å²) in [5.41, 5.74) is -6.06. The van der Waals surface area contributed by atoms with Crippen LogP contribution in [-0.4, -0.2) is 136 Å². The minimum absolute atomic E-state index is 0.00175. The second-order valence-corrected chi connectivity index (χ2v) is 27.6. The number of amides is 4. The maximum atomic E-state index is 15.3. The van der Waals surface area contributed by atoms with Gasteiger partial charge in [-0.2, -0.15) is 0 Å². The van der Waals surface area contributed by atoms with Crippen molar-refractivity contribution < 1.29 is 57.3 Å². The molecule has 0 spiro atoms. The molecule has 4 aliphatic rings. The van der Waals surface area contributed by atoms with Crippen molar-refractivity contribution in [1.82, 2.24) is 19.6 Å². The zero-order chi connectivity index (χ0) is 57.2. The number of likely N-dealkylation sites (tertiary alicyclic amines) is 4. The minimum atomic E-state index is -2.00. The molecule has 4 saturated heterocycles. The average molecular weight is 1060 g/mol. The van der Waals surface area contributed by atoms with Crippen LogP contribution in [0.3, 0.4) is 0 Å². The van der Waals surface area contributed by atoms with E-state index in [4.69, 9.17) is 18.9 Å². The van der Waals surface area contributed by atoms with Crippen LogP contribution in [0, 0.1) is 11.8 Å². The summed E-state index contributed by atoms with van der Waals surface area (Å²) in [6.45, 7) is 38.6. The summed E-state index contributed by atoms with van der Waals surface area (Å²) >= 11 is 0. The summed E-state index contributed by atoms with van der Waals surface area (Å²) in [4.78, 5) is 122. The number of hydrogen-bond donors (Lipinski definition) is 0. The molecule has 0 aliphatic carbocycles. The fourth-order valence-electron chi connectivity index (χ4n) is 15.0. The highest BCUT2D eigenvalue weighted by Crippen LogP contribution is 2.46. The monoisotopic (exact) mass is 1060 g/mol. The molecule has 4 fully saturated rings.